The summed E-state index contributed by atoms with van der Waals surface area (Å²) in [5.41, 5.74) is 8.21. The van der Waals surface area contributed by atoms with Gasteiger partial charge in [0.2, 0.25) is 0 Å². The summed E-state index contributed by atoms with van der Waals surface area (Å²) in [6.45, 7) is 5.60. The van der Waals surface area contributed by atoms with Gasteiger partial charge in [-0.05, 0) is 30.9 Å². The lowest BCUT2D eigenvalue weighted by Crippen LogP contribution is -2.36. The van der Waals surface area contributed by atoms with Crippen LogP contribution < -0.4 is 15.4 Å². The highest BCUT2D eigenvalue weighted by Crippen LogP contribution is 2.34. The molecule has 1 aromatic rings. The van der Waals surface area contributed by atoms with E-state index in [2.05, 4.69) is 24.8 Å². The number of hydrogen-bond acceptors (Lipinski definition) is 3. The Morgan fingerprint density at radius 2 is 2.00 bits per heavy atom. The van der Waals surface area contributed by atoms with Crippen molar-refractivity contribution in [1.82, 2.24) is 0 Å². The van der Waals surface area contributed by atoms with Crippen LogP contribution in [-0.4, -0.2) is 19.7 Å². The minimum atomic E-state index is 0.641. The molecule has 0 atom stereocenters. The first-order chi connectivity index (χ1) is 9.11. The second kappa shape index (κ2) is 6.18. The fraction of sp³-hybridized carbons (Fsp3) is 0.625. The number of anilines is 2. The van der Waals surface area contributed by atoms with Gasteiger partial charge in [0.1, 0.15) is 5.75 Å². The average Bonchev–Trinajstić information content (AvgIpc) is 2.89. The quantitative estimate of drug-likeness (QED) is 0.823. The van der Waals surface area contributed by atoms with E-state index in [0.717, 1.165) is 18.0 Å². The number of nitrogens with zero attached hydrogens (tertiary/aromatic N) is 1. The van der Waals surface area contributed by atoms with Crippen LogP contribution in [0.4, 0.5) is 11.4 Å². The minimum absolute atomic E-state index is 0.641. The van der Waals surface area contributed by atoms with E-state index in [4.69, 9.17) is 10.5 Å². The van der Waals surface area contributed by atoms with E-state index in [0.29, 0.717) is 12.0 Å². The molecule has 0 heterocycles. The Hall–Kier alpha value is -1.38. The summed E-state index contributed by atoms with van der Waals surface area (Å²) in [4.78, 5) is 2.51. The van der Waals surface area contributed by atoms with Crippen LogP contribution in [0.1, 0.15) is 39.5 Å². The first-order valence-electron chi connectivity index (χ1n) is 7.32. The van der Waals surface area contributed by atoms with Crippen molar-refractivity contribution >= 4 is 11.4 Å². The first-order valence-corrected chi connectivity index (χ1v) is 7.32. The van der Waals surface area contributed by atoms with E-state index in [1.165, 1.54) is 31.4 Å². The molecule has 0 unspecified atom stereocenters. The lowest BCUT2D eigenvalue weighted by atomic mass is 10.1. The predicted molar refractivity (Wildman–Crippen MR) is 81.8 cm³/mol. The van der Waals surface area contributed by atoms with Crippen molar-refractivity contribution in [3.8, 4) is 5.75 Å². The zero-order chi connectivity index (χ0) is 13.8. The zero-order valence-corrected chi connectivity index (χ0v) is 12.4. The maximum Gasteiger partial charge on any atom is 0.121 e. The summed E-state index contributed by atoms with van der Waals surface area (Å²) >= 11 is 0. The van der Waals surface area contributed by atoms with Crippen LogP contribution in [0, 0.1) is 5.92 Å². The molecule has 1 fully saturated rings. The van der Waals surface area contributed by atoms with Crippen molar-refractivity contribution < 1.29 is 4.74 Å². The molecule has 3 nitrogen and oxygen atoms in total. The topological polar surface area (TPSA) is 38.5 Å². The van der Waals surface area contributed by atoms with Gasteiger partial charge >= 0.3 is 0 Å². The van der Waals surface area contributed by atoms with Gasteiger partial charge in [-0.3, -0.25) is 0 Å². The third-order valence-corrected chi connectivity index (χ3v) is 3.87. The van der Waals surface area contributed by atoms with Crippen molar-refractivity contribution in [3.05, 3.63) is 18.2 Å². The molecule has 2 N–H and O–H groups in total. The molecule has 0 radical (unpaired) electrons. The highest BCUT2D eigenvalue weighted by Gasteiger charge is 2.24. The lowest BCUT2D eigenvalue weighted by molar-refractivity contribution is 0.415. The van der Waals surface area contributed by atoms with Gasteiger partial charge in [-0.1, -0.05) is 26.7 Å². The molecule has 1 saturated carbocycles. The van der Waals surface area contributed by atoms with Crippen LogP contribution in [-0.2, 0) is 0 Å². The van der Waals surface area contributed by atoms with Crippen molar-refractivity contribution in [2.24, 2.45) is 5.92 Å². The van der Waals surface area contributed by atoms with Gasteiger partial charge in [0.25, 0.3) is 0 Å². The Balaban J connectivity index is 2.26. The van der Waals surface area contributed by atoms with E-state index in [9.17, 15) is 0 Å². The van der Waals surface area contributed by atoms with Gasteiger partial charge in [-0.25, -0.2) is 0 Å². The van der Waals surface area contributed by atoms with E-state index in [1.54, 1.807) is 7.11 Å². The fourth-order valence-corrected chi connectivity index (χ4v) is 2.97. The molecular formula is C16H26N2O. The van der Waals surface area contributed by atoms with Crippen molar-refractivity contribution in [1.29, 1.82) is 0 Å². The molecule has 1 aliphatic carbocycles. The molecule has 3 heteroatoms. The Morgan fingerprint density at radius 3 is 2.53 bits per heavy atom. The summed E-state index contributed by atoms with van der Waals surface area (Å²) in [5, 5.41) is 0. The largest absolute Gasteiger partial charge is 0.497 e. The number of hydrogen-bond donors (Lipinski definition) is 1. The molecule has 0 aromatic heterocycles. The molecule has 0 bridgehead atoms. The lowest BCUT2D eigenvalue weighted by Gasteiger charge is -2.33. The Bertz CT molecular complexity index is 411. The Kier molecular flexibility index (Phi) is 4.56. The predicted octanol–water partition coefficient (Wildman–Crippen LogP) is 3.68. The normalized spacial score (nSPS) is 16.0. The van der Waals surface area contributed by atoms with E-state index in [1.807, 2.05) is 12.1 Å². The number of nitrogens with two attached hydrogens (primary N) is 1. The van der Waals surface area contributed by atoms with Gasteiger partial charge in [-0.15, -0.1) is 0 Å². The molecule has 0 amide bonds. The molecule has 1 aromatic carbocycles. The highest BCUT2D eigenvalue weighted by molar-refractivity contribution is 5.70. The number of nitrogen functional groups attached to an aromatic ring is 1. The molecule has 0 aliphatic heterocycles. The SMILES string of the molecule is COc1ccc(N(CC(C)C)C2CCCC2)c(N)c1. The summed E-state index contributed by atoms with van der Waals surface area (Å²) in [5.74, 6) is 1.47. The number of rotatable bonds is 5. The fourth-order valence-electron chi connectivity index (χ4n) is 2.97. The van der Waals surface area contributed by atoms with Crippen LogP contribution in [0.2, 0.25) is 0 Å². The molecule has 0 saturated heterocycles. The summed E-state index contributed by atoms with van der Waals surface area (Å²) in [6, 6.07) is 6.69. The summed E-state index contributed by atoms with van der Waals surface area (Å²) in [7, 11) is 1.68. The van der Waals surface area contributed by atoms with E-state index < -0.39 is 0 Å². The van der Waals surface area contributed by atoms with Crippen LogP contribution in [0.5, 0.6) is 5.75 Å². The average molecular weight is 262 g/mol. The second-order valence-electron chi connectivity index (χ2n) is 5.91. The number of methoxy groups -OCH3 is 1. The smallest absolute Gasteiger partial charge is 0.121 e. The molecule has 106 valence electrons. The van der Waals surface area contributed by atoms with Crippen molar-refractivity contribution in [2.75, 3.05) is 24.3 Å². The molecule has 1 aliphatic rings. The minimum Gasteiger partial charge on any atom is -0.497 e. The van der Waals surface area contributed by atoms with Gasteiger partial charge in [0.05, 0.1) is 18.5 Å². The highest BCUT2D eigenvalue weighted by atomic mass is 16.5. The summed E-state index contributed by atoms with van der Waals surface area (Å²) < 4.78 is 5.24. The summed E-state index contributed by atoms with van der Waals surface area (Å²) in [6.07, 6.45) is 5.26. The van der Waals surface area contributed by atoms with Crippen LogP contribution in [0.15, 0.2) is 18.2 Å². The Morgan fingerprint density at radius 1 is 1.32 bits per heavy atom. The third kappa shape index (κ3) is 3.34. The molecule has 19 heavy (non-hydrogen) atoms. The third-order valence-electron chi connectivity index (χ3n) is 3.87. The zero-order valence-electron chi connectivity index (χ0n) is 12.4. The molecule has 2 rings (SSSR count). The number of ether oxygens (including phenoxy) is 1. The van der Waals surface area contributed by atoms with E-state index >= 15 is 0 Å². The van der Waals surface area contributed by atoms with Gasteiger partial charge in [0.15, 0.2) is 0 Å². The molecule has 0 spiro atoms. The number of benzene rings is 1. The van der Waals surface area contributed by atoms with Crippen molar-refractivity contribution in [3.63, 3.8) is 0 Å². The van der Waals surface area contributed by atoms with E-state index in [-0.39, 0.29) is 0 Å². The molecular weight excluding hydrogens is 236 g/mol. The van der Waals surface area contributed by atoms with Gasteiger partial charge in [0, 0.05) is 18.7 Å². The maximum absolute atomic E-state index is 6.22. The maximum atomic E-state index is 6.22. The van der Waals surface area contributed by atoms with Gasteiger partial charge < -0.3 is 15.4 Å². The van der Waals surface area contributed by atoms with Crippen LogP contribution >= 0.6 is 0 Å². The second-order valence-corrected chi connectivity index (χ2v) is 5.91. The van der Waals surface area contributed by atoms with Crippen LogP contribution in [0.25, 0.3) is 0 Å². The standard InChI is InChI=1S/C16H26N2O/c1-12(2)11-18(13-6-4-5-7-13)16-9-8-14(19-3)10-15(16)17/h8-10,12-13H,4-7,11,17H2,1-3H3. The first kappa shape index (κ1) is 14.0. The van der Waals surface area contributed by atoms with Gasteiger partial charge in [-0.2, -0.15) is 0 Å². The van der Waals surface area contributed by atoms with Crippen molar-refractivity contribution in [2.45, 2.75) is 45.6 Å². The van der Waals surface area contributed by atoms with Crippen LogP contribution in [0.3, 0.4) is 0 Å². The monoisotopic (exact) mass is 262 g/mol. The Labute approximate surface area is 116 Å².